The van der Waals surface area contributed by atoms with E-state index in [2.05, 4.69) is 5.10 Å². The van der Waals surface area contributed by atoms with E-state index >= 15 is 0 Å². The van der Waals surface area contributed by atoms with Crippen LogP contribution in [0.15, 0.2) is 53.6 Å². The molecule has 1 N–H and O–H groups in total. The molecule has 0 aliphatic carbocycles. The topological polar surface area (TPSA) is 52.9 Å². The molecule has 112 valence electrons. The van der Waals surface area contributed by atoms with Gasteiger partial charge in [0.1, 0.15) is 5.75 Å². The number of phenols is 1. The number of nitrogens with zero attached hydrogens (tertiary/aromatic N) is 2. The lowest BCUT2D eigenvalue weighted by molar-refractivity contribution is -0.130. The van der Waals surface area contributed by atoms with Crippen molar-refractivity contribution in [2.24, 2.45) is 5.10 Å². The fourth-order valence-electron chi connectivity index (χ4n) is 2.61. The number of hydrogen-bond donors (Lipinski definition) is 1. The average Bonchev–Trinajstić information content (AvgIpc) is 2.93. The predicted octanol–water partition coefficient (Wildman–Crippen LogP) is 3.74. The summed E-state index contributed by atoms with van der Waals surface area (Å²) in [5.74, 6) is 0.0691. The van der Waals surface area contributed by atoms with Crippen molar-refractivity contribution in [1.29, 1.82) is 0 Å². The van der Waals surface area contributed by atoms with Crippen LogP contribution >= 0.6 is 11.6 Å². The first-order valence-electron chi connectivity index (χ1n) is 6.97. The molecule has 0 aromatic heterocycles. The second kappa shape index (κ2) is 5.81. The van der Waals surface area contributed by atoms with Crippen molar-refractivity contribution in [3.05, 3.63) is 64.7 Å². The highest BCUT2D eigenvalue weighted by Crippen LogP contribution is 2.33. The Hall–Kier alpha value is -2.33. The summed E-state index contributed by atoms with van der Waals surface area (Å²) in [6, 6.07) is 14.2. The van der Waals surface area contributed by atoms with Gasteiger partial charge in [0.25, 0.3) is 0 Å². The minimum atomic E-state index is -0.146. The molecule has 0 unspecified atom stereocenters. The lowest BCUT2D eigenvalue weighted by Gasteiger charge is -2.20. The smallest absolute Gasteiger partial charge is 0.240 e. The number of hydrogen-bond acceptors (Lipinski definition) is 3. The molecule has 1 heterocycles. The van der Waals surface area contributed by atoms with Crippen LogP contribution in [0.5, 0.6) is 5.75 Å². The van der Waals surface area contributed by atoms with E-state index in [1.54, 1.807) is 18.2 Å². The summed E-state index contributed by atoms with van der Waals surface area (Å²) in [6.07, 6.45) is 0.602. The molecule has 0 saturated heterocycles. The number of carbonyl (C=O) groups excluding carboxylic acids is 1. The SMILES string of the molecule is CC(=O)N1N=C(c2cccc(O)c2)C[C@@H]1c1ccc(Cl)cc1. The molecule has 3 rings (SSSR count). The first kappa shape index (κ1) is 14.6. The number of phenolic OH excluding ortho intramolecular Hbond substituents is 1. The number of aromatic hydroxyl groups is 1. The molecular formula is C17H15ClN2O2. The van der Waals surface area contributed by atoms with Crippen molar-refractivity contribution in [1.82, 2.24) is 5.01 Å². The molecule has 22 heavy (non-hydrogen) atoms. The van der Waals surface area contributed by atoms with Crippen molar-refractivity contribution < 1.29 is 9.90 Å². The molecule has 1 atom stereocenters. The van der Waals surface area contributed by atoms with Crippen LogP contribution in [0.2, 0.25) is 5.02 Å². The molecule has 5 heteroatoms. The molecule has 4 nitrogen and oxygen atoms in total. The zero-order valence-corrected chi connectivity index (χ0v) is 12.8. The Morgan fingerprint density at radius 3 is 2.64 bits per heavy atom. The highest BCUT2D eigenvalue weighted by Gasteiger charge is 2.31. The maximum absolute atomic E-state index is 11.9. The van der Waals surface area contributed by atoms with Gasteiger partial charge in [0.2, 0.25) is 5.91 Å². The normalized spacial score (nSPS) is 17.5. The lowest BCUT2D eigenvalue weighted by atomic mass is 9.98. The van der Waals surface area contributed by atoms with E-state index in [-0.39, 0.29) is 17.7 Å². The Balaban J connectivity index is 1.94. The lowest BCUT2D eigenvalue weighted by Crippen LogP contribution is -2.24. The number of rotatable bonds is 2. The van der Waals surface area contributed by atoms with Crippen LogP contribution in [0.4, 0.5) is 0 Å². The zero-order chi connectivity index (χ0) is 15.7. The molecule has 1 aliphatic rings. The van der Waals surface area contributed by atoms with Crippen LogP contribution in [0.25, 0.3) is 0 Å². The molecule has 0 spiro atoms. The summed E-state index contributed by atoms with van der Waals surface area (Å²) >= 11 is 5.92. The number of carbonyl (C=O) groups is 1. The van der Waals surface area contributed by atoms with Gasteiger partial charge in [0.15, 0.2) is 0 Å². The van der Waals surface area contributed by atoms with Gasteiger partial charge in [-0.2, -0.15) is 5.10 Å². The summed E-state index contributed by atoms with van der Waals surface area (Å²) in [7, 11) is 0. The Labute approximate surface area is 133 Å². The highest BCUT2D eigenvalue weighted by atomic mass is 35.5. The van der Waals surface area contributed by atoms with Gasteiger partial charge in [0.05, 0.1) is 11.8 Å². The molecule has 2 aromatic carbocycles. The average molecular weight is 315 g/mol. The van der Waals surface area contributed by atoms with Gasteiger partial charge in [-0.05, 0) is 29.8 Å². The molecule has 0 saturated carbocycles. The highest BCUT2D eigenvalue weighted by molar-refractivity contribution is 6.30. The Morgan fingerprint density at radius 2 is 2.00 bits per heavy atom. The standard InChI is InChI=1S/C17H15ClN2O2/c1-11(21)20-17(12-5-7-14(18)8-6-12)10-16(19-20)13-3-2-4-15(22)9-13/h2-9,17,22H,10H2,1H3/t17-/m1/s1. The van der Waals surface area contributed by atoms with Gasteiger partial charge >= 0.3 is 0 Å². The van der Waals surface area contributed by atoms with E-state index in [4.69, 9.17) is 11.6 Å². The van der Waals surface area contributed by atoms with E-state index in [0.717, 1.165) is 16.8 Å². The number of hydrazone groups is 1. The first-order valence-corrected chi connectivity index (χ1v) is 7.34. The fraction of sp³-hybridized carbons (Fsp3) is 0.176. The van der Waals surface area contributed by atoms with Crippen LogP contribution in [-0.4, -0.2) is 21.7 Å². The van der Waals surface area contributed by atoms with Crippen LogP contribution < -0.4 is 0 Å². The fourth-order valence-corrected chi connectivity index (χ4v) is 2.73. The van der Waals surface area contributed by atoms with E-state index in [1.807, 2.05) is 30.3 Å². The maximum Gasteiger partial charge on any atom is 0.240 e. The molecule has 2 aromatic rings. The van der Waals surface area contributed by atoms with Gasteiger partial charge < -0.3 is 5.11 Å². The quantitative estimate of drug-likeness (QED) is 0.918. The van der Waals surface area contributed by atoms with Crippen molar-refractivity contribution in [2.45, 2.75) is 19.4 Å². The summed E-state index contributed by atoms with van der Waals surface area (Å²) < 4.78 is 0. The third-order valence-electron chi connectivity index (χ3n) is 3.67. The number of benzene rings is 2. The van der Waals surface area contributed by atoms with Crippen molar-refractivity contribution in [2.75, 3.05) is 0 Å². The van der Waals surface area contributed by atoms with Gasteiger partial charge in [-0.15, -0.1) is 0 Å². The summed E-state index contributed by atoms with van der Waals surface area (Å²) in [4.78, 5) is 11.9. The largest absolute Gasteiger partial charge is 0.508 e. The first-order chi connectivity index (χ1) is 10.5. The van der Waals surface area contributed by atoms with E-state index in [1.165, 1.54) is 11.9 Å². The zero-order valence-electron chi connectivity index (χ0n) is 12.0. The Morgan fingerprint density at radius 1 is 1.27 bits per heavy atom. The van der Waals surface area contributed by atoms with Gasteiger partial charge in [-0.25, -0.2) is 5.01 Å². The van der Waals surface area contributed by atoms with E-state index in [9.17, 15) is 9.90 Å². The monoisotopic (exact) mass is 314 g/mol. The summed E-state index contributed by atoms with van der Waals surface area (Å²) in [6.45, 7) is 1.50. The molecule has 0 radical (unpaired) electrons. The summed E-state index contributed by atoms with van der Waals surface area (Å²) in [5, 5.41) is 16.2. The number of halogens is 1. The second-order valence-corrected chi connectivity index (χ2v) is 5.67. The Kier molecular flexibility index (Phi) is 3.86. The van der Waals surface area contributed by atoms with E-state index in [0.29, 0.717) is 11.4 Å². The molecular weight excluding hydrogens is 300 g/mol. The van der Waals surface area contributed by atoms with Crippen molar-refractivity contribution in [3.8, 4) is 5.75 Å². The van der Waals surface area contributed by atoms with Crippen molar-refractivity contribution >= 4 is 23.2 Å². The van der Waals surface area contributed by atoms with Crippen LogP contribution in [0, 0.1) is 0 Å². The third-order valence-corrected chi connectivity index (χ3v) is 3.92. The van der Waals surface area contributed by atoms with Crippen LogP contribution in [-0.2, 0) is 4.79 Å². The second-order valence-electron chi connectivity index (χ2n) is 5.23. The number of amides is 1. The van der Waals surface area contributed by atoms with Gasteiger partial charge in [-0.1, -0.05) is 35.9 Å². The molecule has 0 bridgehead atoms. The Bertz CT molecular complexity index is 741. The van der Waals surface area contributed by atoms with E-state index < -0.39 is 0 Å². The third kappa shape index (κ3) is 2.83. The van der Waals surface area contributed by atoms with Crippen LogP contribution in [0.1, 0.15) is 30.5 Å². The molecule has 1 aliphatic heterocycles. The minimum absolute atomic E-state index is 0.116. The molecule has 0 fully saturated rings. The maximum atomic E-state index is 11.9. The molecule has 1 amide bonds. The van der Waals surface area contributed by atoms with Crippen molar-refractivity contribution in [3.63, 3.8) is 0 Å². The predicted molar refractivity (Wildman–Crippen MR) is 86.0 cm³/mol. The van der Waals surface area contributed by atoms with Gasteiger partial charge in [-0.3, -0.25) is 4.79 Å². The minimum Gasteiger partial charge on any atom is -0.508 e. The van der Waals surface area contributed by atoms with Gasteiger partial charge in [0, 0.05) is 23.9 Å². The summed E-state index contributed by atoms with van der Waals surface area (Å²) in [5.41, 5.74) is 2.59. The van der Waals surface area contributed by atoms with Crippen LogP contribution in [0.3, 0.4) is 0 Å².